The molecular formula is C52H75Br3N6O9. The van der Waals surface area contributed by atoms with Gasteiger partial charge in [0.25, 0.3) is 17.7 Å². The molecule has 0 spiro atoms. The first kappa shape index (κ1) is 60.6. The van der Waals surface area contributed by atoms with Gasteiger partial charge in [0, 0.05) is 89.0 Å². The van der Waals surface area contributed by atoms with Crippen LogP contribution in [0.5, 0.6) is 0 Å². The van der Waals surface area contributed by atoms with Gasteiger partial charge in [-0.2, -0.15) is 0 Å². The highest BCUT2D eigenvalue weighted by atomic mass is 79.9. The van der Waals surface area contributed by atoms with Crippen molar-refractivity contribution in [3.8, 4) is 0 Å². The van der Waals surface area contributed by atoms with E-state index >= 15 is 0 Å². The summed E-state index contributed by atoms with van der Waals surface area (Å²) in [4.78, 5) is 70.3. The molecular weight excluding hydrogens is 1090 g/mol. The Bertz CT molecular complexity index is 1880. The maximum atomic E-state index is 12.6. The summed E-state index contributed by atoms with van der Waals surface area (Å²) in [6.45, 7) is 23.1. The van der Waals surface area contributed by atoms with Crippen LogP contribution in [0.1, 0.15) is 91.9 Å². The van der Waals surface area contributed by atoms with Gasteiger partial charge in [0.2, 0.25) is 0 Å². The first-order valence-electron chi connectivity index (χ1n) is 24.0. The normalized spacial score (nSPS) is 16.7. The van der Waals surface area contributed by atoms with Crippen LogP contribution in [0.4, 0.5) is 0 Å². The van der Waals surface area contributed by atoms with Crippen LogP contribution in [-0.2, 0) is 9.59 Å². The number of aliphatic carboxylic acids is 2. The van der Waals surface area contributed by atoms with Crippen molar-refractivity contribution >= 4 is 77.4 Å². The van der Waals surface area contributed by atoms with E-state index in [1.807, 2.05) is 109 Å². The van der Waals surface area contributed by atoms with E-state index in [4.69, 9.17) is 20.4 Å². The van der Waals surface area contributed by atoms with Gasteiger partial charge in [-0.3, -0.25) is 14.4 Å². The van der Waals surface area contributed by atoms with E-state index in [1.54, 1.807) is 0 Å². The first-order valence-corrected chi connectivity index (χ1v) is 26.4. The summed E-state index contributed by atoms with van der Waals surface area (Å²) in [5.74, 6) is -1.84. The number of likely N-dealkylation sites (tertiary alicyclic amines) is 3. The second kappa shape index (κ2) is 29.7. The van der Waals surface area contributed by atoms with Crippen molar-refractivity contribution in [1.82, 2.24) is 29.4 Å². The number of aliphatic hydroxyl groups excluding tert-OH is 2. The third kappa shape index (κ3) is 19.0. The van der Waals surface area contributed by atoms with Crippen LogP contribution in [0.25, 0.3) is 0 Å². The highest BCUT2D eigenvalue weighted by molar-refractivity contribution is 9.11. The van der Waals surface area contributed by atoms with Crippen molar-refractivity contribution in [3.63, 3.8) is 0 Å². The summed E-state index contributed by atoms with van der Waals surface area (Å²) in [5, 5.41) is 32.5. The molecule has 15 nitrogen and oxygen atoms in total. The number of aliphatic hydroxyl groups is 2. The lowest BCUT2D eigenvalue weighted by molar-refractivity contribution is -0.165. The van der Waals surface area contributed by atoms with Crippen molar-refractivity contribution in [2.45, 2.75) is 91.1 Å². The second-order valence-electron chi connectivity index (χ2n) is 19.2. The summed E-state index contributed by atoms with van der Waals surface area (Å²) < 4.78 is 2.99. The van der Waals surface area contributed by atoms with Crippen LogP contribution in [-0.4, -0.2) is 190 Å². The second-order valence-corrected chi connectivity index (χ2v) is 22.0. The summed E-state index contributed by atoms with van der Waals surface area (Å²) in [6, 6.07) is 23.6. The van der Waals surface area contributed by atoms with Gasteiger partial charge < -0.3 is 49.8 Å². The molecule has 3 amide bonds. The Hall–Kier alpha value is -3.75. The molecule has 3 heterocycles. The number of carbonyl (C=O) groups is 5. The summed E-state index contributed by atoms with van der Waals surface area (Å²) >= 11 is 10.2. The number of rotatable bonds is 18. The van der Waals surface area contributed by atoms with E-state index in [0.717, 1.165) is 49.7 Å². The van der Waals surface area contributed by atoms with Crippen molar-refractivity contribution in [3.05, 3.63) is 103 Å². The number of hydrogen-bond acceptors (Lipinski definition) is 10. The number of carboxylic acids is 2. The number of halogens is 3. The molecule has 70 heavy (non-hydrogen) atoms. The molecule has 3 aromatic rings. The van der Waals surface area contributed by atoms with Gasteiger partial charge in [-0.15, -0.1) is 0 Å². The van der Waals surface area contributed by atoms with E-state index in [1.165, 1.54) is 58.5 Å². The smallest absolute Gasteiger partial charge is 0.335 e. The monoisotopic (exact) mass is 1160 g/mol. The van der Waals surface area contributed by atoms with E-state index < -0.39 is 24.1 Å². The van der Waals surface area contributed by atoms with Gasteiger partial charge in [-0.1, -0.05) is 89.3 Å². The highest BCUT2D eigenvalue weighted by Gasteiger charge is 2.31. The fourth-order valence-corrected chi connectivity index (χ4v) is 8.73. The molecule has 3 aliphatic rings. The van der Waals surface area contributed by atoms with E-state index in [-0.39, 0.29) is 35.8 Å². The first-order chi connectivity index (χ1) is 32.9. The maximum absolute atomic E-state index is 12.6. The molecule has 4 N–H and O–H groups in total. The van der Waals surface area contributed by atoms with Crippen LogP contribution >= 0.6 is 47.8 Å². The van der Waals surface area contributed by atoms with Crippen molar-refractivity contribution in [2.75, 3.05) is 80.0 Å². The van der Waals surface area contributed by atoms with Crippen LogP contribution in [0, 0.1) is 17.8 Å². The Morgan fingerprint density at radius 1 is 0.443 bits per heavy atom. The van der Waals surface area contributed by atoms with Gasteiger partial charge in [0.1, 0.15) is 0 Å². The van der Waals surface area contributed by atoms with Gasteiger partial charge in [0.15, 0.2) is 12.2 Å². The lowest BCUT2D eigenvalue weighted by Gasteiger charge is -2.39. The Kier molecular flexibility index (Phi) is 25.7. The predicted octanol–water partition coefficient (Wildman–Crippen LogP) is 7.63. The minimum atomic E-state index is -2.27. The third-order valence-corrected chi connectivity index (χ3v) is 14.6. The Balaban J connectivity index is 0.000000254. The zero-order chi connectivity index (χ0) is 52.4. The van der Waals surface area contributed by atoms with E-state index in [0.29, 0.717) is 17.8 Å². The molecule has 388 valence electrons. The molecule has 2 unspecified atom stereocenters. The van der Waals surface area contributed by atoms with Crippen LogP contribution < -0.4 is 0 Å². The lowest BCUT2D eigenvalue weighted by atomic mass is 10.00. The number of amides is 3. The number of hydrogen-bond donors (Lipinski definition) is 4. The number of likely N-dealkylation sites (N-methyl/N-ethyl adjacent to an activating group) is 3. The Labute approximate surface area is 440 Å². The molecule has 0 aliphatic carbocycles. The van der Waals surface area contributed by atoms with Gasteiger partial charge >= 0.3 is 11.9 Å². The number of carboxylic acid groups (broad SMARTS) is 2. The molecule has 0 bridgehead atoms. The van der Waals surface area contributed by atoms with Crippen molar-refractivity contribution < 1.29 is 44.4 Å². The number of nitrogens with zero attached hydrogens (tertiary/aromatic N) is 6. The predicted molar refractivity (Wildman–Crippen MR) is 285 cm³/mol. The van der Waals surface area contributed by atoms with Crippen molar-refractivity contribution in [1.29, 1.82) is 0 Å². The average Bonchev–Trinajstić information content (AvgIpc) is 3.27. The topological polar surface area (TPSA) is 186 Å². The van der Waals surface area contributed by atoms with E-state index in [9.17, 15) is 24.0 Å². The largest absolute Gasteiger partial charge is 0.479 e. The van der Waals surface area contributed by atoms with Crippen LogP contribution in [0.15, 0.2) is 86.2 Å². The fourth-order valence-electron chi connectivity index (χ4n) is 7.94. The number of carbonyl (C=O) groups excluding carboxylic acids is 3. The quantitative estimate of drug-likeness (QED) is 0.0978. The Morgan fingerprint density at radius 3 is 0.786 bits per heavy atom. The minimum Gasteiger partial charge on any atom is -0.479 e. The highest BCUT2D eigenvalue weighted by Crippen LogP contribution is 2.22. The standard InChI is InChI=1S/3C16H23BrN2O.C4H6O6/c3*1-12(2)15(11-19-9-4-10-19)18(3)16(20)13-5-7-14(17)8-6-13;5-1(3(7)8)2(6)4(9)10/h3*5-8,12,15H,4,9-11H2,1-3H3;1-2,5-6H,(H,7,8)(H,9,10)/t3*15-;/m111./s1. The van der Waals surface area contributed by atoms with Crippen LogP contribution in [0.3, 0.4) is 0 Å². The molecule has 5 atom stereocenters. The molecule has 0 radical (unpaired) electrons. The summed E-state index contributed by atoms with van der Waals surface area (Å²) in [5.41, 5.74) is 2.26. The maximum Gasteiger partial charge on any atom is 0.335 e. The van der Waals surface area contributed by atoms with Gasteiger partial charge in [-0.05, 0) is 149 Å². The molecule has 3 aromatic carbocycles. The summed E-state index contributed by atoms with van der Waals surface area (Å²) in [7, 11) is 5.78. The zero-order valence-corrected chi connectivity index (χ0v) is 46.9. The van der Waals surface area contributed by atoms with Gasteiger partial charge in [-0.25, -0.2) is 9.59 Å². The molecule has 3 aliphatic heterocycles. The molecule has 6 rings (SSSR count). The van der Waals surface area contributed by atoms with Gasteiger partial charge in [0.05, 0.1) is 0 Å². The molecule has 18 heteroatoms. The minimum absolute atomic E-state index is 0.108. The zero-order valence-electron chi connectivity index (χ0n) is 42.2. The van der Waals surface area contributed by atoms with Crippen LogP contribution in [0.2, 0.25) is 0 Å². The lowest BCUT2D eigenvalue weighted by Crippen LogP contribution is -2.51. The van der Waals surface area contributed by atoms with E-state index in [2.05, 4.69) is 104 Å². The molecule has 3 saturated heterocycles. The average molecular weight is 1170 g/mol. The molecule has 3 fully saturated rings. The fraction of sp³-hybridized carbons (Fsp3) is 0.558. The SMILES string of the molecule is CC(C)[C@@H](CN1CCC1)N(C)C(=O)c1ccc(Br)cc1.CC(C)[C@@H](CN1CCC1)N(C)C(=O)c1ccc(Br)cc1.CC(C)[C@@H](CN1CCC1)N(C)C(=O)c1ccc(Br)cc1.O=C(O)C(O)C(O)C(=O)O. The summed E-state index contributed by atoms with van der Waals surface area (Å²) in [6.07, 6.45) is -0.672. The Morgan fingerprint density at radius 2 is 0.643 bits per heavy atom. The number of benzene rings is 3. The molecule has 0 aromatic heterocycles. The molecule has 0 saturated carbocycles. The third-order valence-electron chi connectivity index (χ3n) is 13.0. The van der Waals surface area contributed by atoms with Crippen molar-refractivity contribution in [2.24, 2.45) is 17.8 Å².